The number of anilines is 1. The Morgan fingerprint density at radius 3 is 2.67 bits per heavy atom. The predicted molar refractivity (Wildman–Crippen MR) is 105 cm³/mol. The summed E-state index contributed by atoms with van der Waals surface area (Å²) < 4.78 is 0. The maximum absolute atomic E-state index is 11.8. The monoisotopic (exact) mass is 366 g/mol. The quantitative estimate of drug-likeness (QED) is 0.698. The van der Waals surface area contributed by atoms with E-state index in [0.717, 1.165) is 18.5 Å². The van der Waals surface area contributed by atoms with Gasteiger partial charge in [0.2, 0.25) is 5.95 Å². The minimum absolute atomic E-state index is 0.498. The van der Waals surface area contributed by atoms with Crippen molar-refractivity contribution in [3.8, 4) is 0 Å². The number of carbonyl (C=O) groups is 1. The first kappa shape index (κ1) is 19.0. The van der Waals surface area contributed by atoms with Gasteiger partial charge in [0.25, 0.3) is 0 Å². The van der Waals surface area contributed by atoms with E-state index in [1.54, 1.807) is 6.08 Å². The normalized spacial score (nSPS) is 20.1. The zero-order chi connectivity index (χ0) is 19.1. The smallest absolute Gasteiger partial charge is 0.311 e. The molecule has 6 nitrogen and oxygen atoms in total. The van der Waals surface area contributed by atoms with E-state index in [-0.39, 0.29) is 0 Å². The number of piperidine rings is 1. The second-order valence-corrected chi connectivity index (χ2v) is 7.15. The van der Waals surface area contributed by atoms with Crippen LogP contribution in [0.15, 0.2) is 55.4 Å². The molecule has 1 fully saturated rings. The van der Waals surface area contributed by atoms with Crippen molar-refractivity contribution in [3.63, 3.8) is 0 Å². The number of carboxylic acid groups (broad SMARTS) is 1. The molecule has 0 spiro atoms. The third-order valence-electron chi connectivity index (χ3n) is 5.05. The zero-order valence-electron chi connectivity index (χ0n) is 15.5. The van der Waals surface area contributed by atoms with Crippen molar-refractivity contribution in [1.82, 2.24) is 14.9 Å². The summed E-state index contributed by atoms with van der Waals surface area (Å²) >= 11 is 0. The van der Waals surface area contributed by atoms with Crippen LogP contribution >= 0.6 is 0 Å². The largest absolute Gasteiger partial charge is 0.481 e. The average molecular weight is 366 g/mol. The Kier molecular flexibility index (Phi) is 6.19. The Morgan fingerprint density at radius 2 is 2.00 bits per heavy atom. The van der Waals surface area contributed by atoms with E-state index in [9.17, 15) is 9.90 Å². The first-order valence-corrected chi connectivity index (χ1v) is 9.27. The average Bonchev–Trinajstić information content (AvgIpc) is 2.69. The lowest BCUT2D eigenvalue weighted by molar-refractivity contribution is -0.152. The lowest BCUT2D eigenvalue weighted by Crippen LogP contribution is -2.47. The molecular formula is C21H26N4O2. The number of nitrogens with zero attached hydrogens (tertiary/aromatic N) is 3. The van der Waals surface area contributed by atoms with Gasteiger partial charge >= 0.3 is 5.97 Å². The van der Waals surface area contributed by atoms with Crippen LogP contribution in [0.25, 0.3) is 0 Å². The summed E-state index contributed by atoms with van der Waals surface area (Å²) in [5.74, 6) is -0.142. The Labute approximate surface area is 160 Å². The first-order valence-electron chi connectivity index (χ1n) is 9.27. The van der Waals surface area contributed by atoms with Crippen LogP contribution in [0.5, 0.6) is 0 Å². The number of aromatic nitrogens is 2. The van der Waals surface area contributed by atoms with Crippen LogP contribution in [-0.4, -0.2) is 39.0 Å². The number of likely N-dealkylation sites (tertiary alicyclic amines) is 1. The fourth-order valence-electron chi connectivity index (χ4n) is 3.63. The molecule has 0 bridgehead atoms. The second-order valence-electron chi connectivity index (χ2n) is 7.15. The van der Waals surface area contributed by atoms with Crippen molar-refractivity contribution in [2.45, 2.75) is 32.4 Å². The molecule has 1 saturated heterocycles. The Balaban J connectivity index is 1.57. The van der Waals surface area contributed by atoms with Gasteiger partial charge in [-0.2, -0.15) is 0 Å². The molecule has 1 aromatic carbocycles. The van der Waals surface area contributed by atoms with Crippen LogP contribution in [0.3, 0.4) is 0 Å². The summed E-state index contributed by atoms with van der Waals surface area (Å²) in [6, 6.07) is 10.1. The third-order valence-corrected chi connectivity index (χ3v) is 5.05. The Bertz CT molecular complexity index is 764. The Hall–Kier alpha value is -2.73. The van der Waals surface area contributed by atoms with Crippen molar-refractivity contribution in [2.75, 3.05) is 18.4 Å². The van der Waals surface area contributed by atoms with Gasteiger partial charge in [-0.3, -0.25) is 9.69 Å². The van der Waals surface area contributed by atoms with Crippen LogP contribution in [0.2, 0.25) is 0 Å². The summed E-state index contributed by atoms with van der Waals surface area (Å²) in [6.07, 6.45) is 7.41. The molecule has 1 aliphatic rings. The minimum Gasteiger partial charge on any atom is -0.481 e. The van der Waals surface area contributed by atoms with E-state index >= 15 is 0 Å². The molecule has 0 saturated carbocycles. The lowest BCUT2D eigenvalue weighted by atomic mass is 9.77. The van der Waals surface area contributed by atoms with Gasteiger partial charge in [-0.25, -0.2) is 9.97 Å². The first-order chi connectivity index (χ1) is 13.1. The van der Waals surface area contributed by atoms with E-state index in [2.05, 4.69) is 38.9 Å². The fraction of sp³-hybridized carbons (Fsp3) is 0.381. The summed E-state index contributed by atoms with van der Waals surface area (Å²) in [7, 11) is 0. The highest BCUT2D eigenvalue weighted by Gasteiger charge is 2.41. The molecule has 1 unspecified atom stereocenters. The van der Waals surface area contributed by atoms with Gasteiger partial charge in [-0.1, -0.05) is 36.4 Å². The van der Waals surface area contributed by atoms with Gasteiger partial charge in [0, 0.05) is 37.6 Å². The number of allylic oxidation sites excluding steroid dienone is 1. The van der Waals surface area contributed by atoms with Crippen molar-refractivity contribution in [3.05, 3.63) is 66.5 Å². The van der Waals surface area contributed by atoms with Crippen molar-refractivity contribution >= 4 is 11.9 Å². The molecule has 2 aromatic rings. The van der Waals surface area contributed by atoms with E-state index in [4.69, 9.17) is 0 Å². The molecule has 142 valence electrons. The van der Waals surface area contributed by atoms with E-state index < -0.39 is 11.4 Å². The van der Waals surface area contributed by atoms with Gasteiger partial charge in [-0.15, -0.1) is 6.58 Å². The topological polar surface area (TPSA) is 78.3 Å². The fourth-order valence-corrected chi connectivity index (χ4v) is 3.63. The number of hydrogen-bond donors (Lipinski definition) is 2. The summed E-state index contributed by atoms with van der Waals surface area (Å²) in [5.41, 5.74) is 1.43. The zero-order valence-corrected chi connectivity index (χ0v) is 15.5. The molecule has 0 radical (unpaired) electrons. The molecule has 6 heteroatoms. The Morgan fingerprint density at radius 1 is 1.26 bits per heavy atom. The minimum atomic E-state index is -0.733. The van der Waals surface area contributed by atoms with Crippen LogP contribution in [0, 0.1) is 5.41 Å². The number of carboxylic acids is 1. The molecule has 2 heterocycles. The van der Waals surface area contributed by atoms with Crippen molar-refractivity contribution < 1.29 is 9.90 Å². The molecule has 0 amide bonds. The molecule has 27 heavy (non-hydrogen) atoms. The maximum Gasteiger partial charge on any atom is 0.311 e. The van der Waals surface area contributed by atoms with Gasteiger partial charge in [-0.05, 0) is 31.4 Å². The number of aliphatic carboxylic acids is 1. The second kappa shape index (κ2) is 8.77. The predicted octanol–water partition coefficient (Wildman–Crippen LogP) is 3.33. The molecule has 3 rings (SSSR count). The van der Waals surface area contributed by atoms with E-state index in [1.165, 1.54) is 5.56 Å². The highest BCUT2D eigenvalue weighted by atomic mass is 16.4. The van der Waals surface area contributed by atoms with E-state index in [1.807, 2.05) is 30.6 Å². The standard InChI is InChI=1S/C21H26N4O2/c1-2-9-21(19(26)27)10-6-11-25(16-21)15-18-13-23-20(24-14-18)22-12-17-7-4-3-5-8-17/h2-5,7-8,13-14H,1,6,9-12,15-16H2,(H,26,27)(H,22,23,24). The third kappa shape index (κ3) is 4.92. The number of rotatable bonds is 8. The van der Waals surface area contributed by atoms with Gasteiger partial charge in [0.05, 0.1) is 5.41 Å². The molecule has 1 aromatic heterocycles. The molecule has 1 atom stereocenters. The molecule has 0 aliphatic carbocycles. The highest BCUT2D eigenvalue weighted by molar-refractivity contribution is 5.75. The van der Waals surface area contributed by atoms with Crippen LogP contribution in [-0.2, 0) is 17.9 Å². The lowest BCUT2D eigenvalue weighted by Gasteiger charge is -2.39. The maximum atomic E-state index is 11.8. The van der Waals surface area contributed by atoms with Gasteiger partial charge in [0.15, 0.2) is 0 Å². The van der Waals surface area contributed by atoms with Crippen molar-refractivity contribution in [1.29, 1.82) is 0 Å². The molecular weight excluding hydrogens is 340 g/mol. The van der Waals surface area contributed by atoms with Crippen molar-refractivity contribution in [2.24, 2.45) is 5.41 Å². The molecule has 2 N–H and O–H groups in total. The summed E-state index contributed by atoms with van der Waals surface area (Å²) in [6.45, 7) is 6.48. The summed E-state index contributed by atoms with van der Waals surface area (Å²) in [4.78, 5) is 22.7. The molecule has 1 aliphatic heterocycles. The highest BCUT2D eigenvalue weighted by Crippen LogP contribution is 2.34. The SMILES string of the molecule is C=CCC1(C(=O)O)CCCN(Cc2cnc(NCc3ccccc3)nc2)C1. The van der Waals surface area contributed by atoms with Gasteiger partial charge in [0.1, 0.15) is 0 Å². The van der Waals surface area contributed by atoms with E-state index in [0.29, 0.717) is 38.4 Å². The van der Waals surface area contributed by atoms with Crippen LogP contribution < -0.4 is 5.32 Å². The van der Waals surface area contributed by atoms with Gasteiger partial charge < -0.3 is 10.4 Å². The van der Waals surface area contributed by atoms with Crippen LogP contribution in [0.4, 0.5) is 5.95 Å². The number of hydrogen-bond acceptors (Lipinski definition) is 5. The van der Waals surface area contributed by atoms with Crippen LogP contribution in [0.1, 0.15) is 30.4 Å². The number of benzene rings is 1. The summed E-state index contributed by atoms with van der Waals surface area (Å²) in [5, 5.41) is 12.9. The number of nitrogens with one attached hydrogen (secondary N) is 1.